The maximum atomic E-state index is 15.2. The van der Waals surface area contributed by atoms with Gasteiger partial charge < -0.3 is 129 Å². The fraction of sp³-hybridized carbons (Fsp3) is 0.602. The molecule has 30 N–H and O–H groups in total. The Morgan fingerprint density at radius 1 is 0.472 bits per heavy atom. The molecule has 0 radical (unpaired) electrons. The van der Waals surface area contributed by atoms with E-state index < -0.39 is 228 Å². The Kier molecular flexibility index (Phi) is 49.0. The number of aliphatic carboxylic acids is 1. The van der Waals surface area contributed by atoms with Gasteiger partial charge >= 0.3 is 5.97 Å². The number of rotatable bonds is 60. The van der Waals surface area contributed by atoms with Gasteiger partial charge in [-0.25, -0.2) is 9.78 Å². The monoisotopic (exact) mass is 1800 g/mol. The van der Waals surface area contributed by atoms with Gasteiger partial charge in [-0.05, 0) is 139 Å². The second-order valence-electron chi connectivity index (χ2n) is 32.0. The van der Waals surface area contributed by atoms with E-state index in [1.165, 1.54) is 52.1 Å². The number of carboxylic acid groups (broad SMARTS) is 1. The molecule has 706 valence electrons. The van der Waals surface area contributed by atoms with E-state index in [0.717, 1.165) is 4.90 Å². The minimum atomic E-state index is -1.88. The first-order chi connectivity index (χ1) is 60.0. The van der Waals surface area contributed by atoms with Gasteiger partial charge in [0.2, 0.25) is 94.5 Å². The van der Waals surface area contributed by atoms with E-state index >= 15 is 14.4 Å². The van der Waals surface area contributed by atoms with Crippen LogP contribution in [0.15, 0.2) is 73.2 Å². The number of hydrogen-bond donors (Lipinski definition) is 24. The van der Waals surface area contributed by atoms with Gasteiger partial charge in [-0.15, -0.1) is 0 Å². The maximum Gasteiger partial charge on any atom is 0.326 e. The van der Waals surface area contributed by atoms with Gasteiger partial charge in [-0.3, -0.25) is 82.1 Å². The number of H-pyrrole nitrogens is 1. The van der Waals surface area contributed by atoms with Crippen LogP contribution in [0.1, 0.15) is 163 Å². The van der Waals surface area contributed by atoms with Crippen molar-refractivity contribution in [2.75, 3.05) is 38.7 Å². The molecule has 16 amide bonds. The number of carbonyl (C=O) groups is 17. The molecule has 127 heavy (non-hydrogen) atoms. The van der Waals surface area contributed by atoms with E-state index in [1.54, 1.807) is 108 Å². The Morgan fingerprint density at radius 3 is 1.37 bits per heavy atom. The molecule has 0 aliphatic heterocycles. The van der Waals surface area contributed by atoms with E-state index in [9.17, 15) is 77.3 Å². The van der Waals surface area contributed by atoms with Crippen molar-refractivity contribution in [3.63, 3.8) is 0 Å². The Balaban J connectivity index is 2.00. The lowest BCUT2D eigenvalue weighted by atomic mass is 9.96. The molecule has 2 aromatic carbocycles. The van der Waals surface area contributed by atoms with Gasteiger partial charge in [0.05, 0.1) is 18.9 Å². The second kappa shape index (κ2) is 56.9. The summed E-state index contributed by atoms with van der Waals surface area (Å²) in [7, 11) is 1.29. The number of unbranched alkanes of at least 4 members (excludes halogenated alkanes) is 2. The van der Waals surface area contributed by atoms with Gasteiger partial charge in [-0.2, -0.15) is 11.8 Å². The van der Waals surface area contributed by atoms with Crippen LogP contribution in [-0.2, 0) is 101 Å². The first-order valence-corrected chi connectivity index (χ1v) is 43.8. The zero-order chi connectivity index (χ0) is 95.3. The topological polar surface area (TPSA) is 711 Å². The molecule has 0 aliphatic carbocycles. The van der Waals surface area contributed by atoms with Crippen molar-refractivity contribution in [1.29, 1.82) is 5.41 Å². The number of aromatic amines is 1. The van der Waals surface area contributed by atoms with E-state index in [2.05, 4.69) is 84.4 Å². The van der Waals surface area contributed by atoms with E-state index in [4.69, 9.17) is 39.8 Å². The molecule has 0 fully saturated rings. The molecule has 0 spiro atoms. The van der Waals surface area contributed by atoms with Gasteiger partial charge in [-0.1, -0.05) is 109 Å². The molecule has 43 nitrogen and oxygen atoms in total. The number of imidazole rings is 1. The van der Waals surface area contributed by atoms with E-state index in [0.29, 0.717) is 30.4 Å². The highest BCUT2D eigenvalue weighted by atomic mass is 32.2. The van der Waals surface area contributed by atoms with E-state index in [1.807, 2.05) is 0 Å². The fourth-order valence-electron chi connectivity index (χ4n) is 13.0. The first-order valence-electron chi connectivity index (χ1n) is 42.5. The van der Waals surface area contributed by atoms with Crippen molar-refractivity contribution >= 4 is 118 Å². The third-order valence-electron chi connectivity index (χ3n) is 20.9. The lowest BCUT2D eigenvalue weighted by Gasteiger charge is -2.33. The van der Waals surface area contributed by atoms with Crippen molar-refractivity contribution in [2.45, 2.75) is 262 Å². The van der Waals surface area contributed by atoms with Crippen molar-refractivity contribution in [3.8, 4) is 0 Å². The summed E-state index contributed by atoms with van der Waals surface area (Å²) in [5.74, 6) is -18.3. The van der Waals surface area contributed by atoms with Gasteiger partial charge in [0.25, 0.3) is 0 Å². The highest BCUT2D eigenvalue weighted by Crippen LogP contribution is 2.19. The minimum Gasteiger partial charge on any atom is -0.480 e. The van der Waals surface area contributed by atoms with Gasteiger partial charge in [0.15, 0.2) is 5.96 Å². The first kappa shape index (κ1) is 109. The molecule has 0 aliphatic rings. The molecule has 1 heterocycles. The van der Waals surface area contributed by atoms with Crippen molar-refractivity contribution in [2.24, 2.45) is 52.2 Å². The maximum absolute atomic E-state index is 15.2. The van der Waals surface area contributed by atoms with Crippen LogP contribution in [0.4, 0.5) is 0 Å². The number of nitrogens with two attached hydrogens (primary N) is 6. The largest absolute Gasteiger partial charge is 0.480 e. The molecular formula is C83H134N24O19S. The SMILES string of the molecule is CC[C@H](C)[C@H](NC(=O)[C@H](Cc1ccccc1)NC(=O)[C@@H](NC(=O)[C@H](C)NC(=O)[C@H](CCSC)NC(=O)[C@H](CCC(N)=O)NC(=O)[C@@H](NC(=O)[C@H](C)NC(=O)[C@@H](N)[C@@H](C)O)C(C)C)C(C)C)C(=O)N[C@@H](Cc1cnc[nH]1)C(=O)N[C@@H](CC(N)=O)C(=O)N[C@@H](Cc1ccccc1)C(=O)N(C)[C@@H](CCCCN)C(=O)N[C@@H](CCCNC(=N)N)C(=O)N[C@@H](CCCCN)C(=O)O. The molecule has 0 unspecified atom stereocenters. The van der Waals surface area contributed by atoms with Crippen LogP contribution >= 0.6 is 11.8 Å². The molecular weight excluding hydrogens is 1670 g/mol. The number of guanidine groups is 1. The highest BCUT2D eigenvalue weighted by molar-refractivity contribution is 7.98. The van der Waals surface area contributed by atoms with Crippen molar-refractivity contribution in [1.82, 2.24) is 89.3 Å². The quantitative estimate of drug-likeness (QED) is 0.0143. The lowest BCUT2D eigenvalue weighted by molar-refractivity contribution is -0.144. The molecule has 0 bridgehead atoms. The number of nitrogens with one attached hydrogen (secondary N) is 16. The standard InChI is InChI=1S/C83H134N24O19S/c1-12-46(6)67(106-75(118)57(38-50-24-15-13-16-25-50)101-79(122)66(45(4)5)105-68(111)47(7)94-70(113)55(33-37-127-11)96-72(115)54(31-32-62(86)109)98-78(121)65(44(2)3)104-69(112)48(8)95-77(120)64(88)49(9)108)80(123)102-58(40-52-42-91-43-93-52)73(116)100-59(41-63(87)110)74(117)103-60(39-51-26-17-14-18-27-51)81(124)107(10)61(30-20-22-35-85)76(119)97-53(29-23-36-92-83(89)90)71(114)99-56(82(125)126)28-19-21-34-84/h13-18,24-27,42-49,53-61,64-67,108H,12,19-23,28-41,84-85,88H2,1-11H3,(H2,86,109)(H2,87,110)(H,91,93)(H,94,113)(H,95,120)(H,96,115)(H,97,119)(H,98,121)(H,99,114)(H,100,116)(H,101,122)(H,102,123)(H,103,117)(H,104,112)(H,105,111)(H,106,118)(H,125,126)(H4,89,90,92)/t46-,47-,48-,49+,53-,54-,55-,56-,57-,58-,59-,60-,61-,64-,65-,66-,67-/m0/s1. The number of thioether (sulfide) groups is 1. The zero-order valence-corrected chi connectivity index (χ0v) is 75.0. The normalized spacial score (nSPS) is 15.2. The molecule has 0 saturated heterocycles. The average Bonchev–Trinajstić information content (AvgIpc) is 1.17. The third kappa shape index (κ3) is 39.3. The Hall–Kier alpha value is -11.9. The molecule has 3 aromatic rings. The Bertz CT molecular complexity index is 4110. The molecule has 17 atom stereocenters. The van der Waals surface area contributed by atoms with Crippen LogP contribution < -0.4 is 109 Å². The number of nitrogens with zero attached hydrogens (tertiary/aromatic N) is 2. The predicted molar refractivity (Wildman–Crippen MR) is 472 cm³/mol. The number of amides is 16. The smallest absolute Gasteiger partial charge is 0.326 e. The molecule has 1 aromatic heterocycles. The highest BCUT2D eigenvalue weighted by Gasteiger charge is 2.41. The summed E-state index contributed by atoms with van der Waals surface area (Å²) in [6.07, 6.45) is 2.28. The van der Waals surface area contributed by atoms with Crippen LogP contribution in [0.25, 0.3) is 0 Å². The van der Waals surface area contributed by atoms with Crippen LogP contribution in [0.5, 0.6) is 0 Å². The minimum absolute atomic E-state index is 0.0167. The van der Waals surface area contributed by atoms with E-state index in [-0.39, 0.29) is 108 Å². The summed E-state index contributed by atoms with van der Waals surface area (Å²) in [4.78, 5) is 246. The summed E-state index contributed by atoms with van der Waals surface area (Å²) in [5.41, 5.74) is 35.2. The second-order valence-corrected chi connectivity index (χ2v) is 33.0. The molecule has 44 heteroatoms. The number of benzene rings is 2. The predicted octanol–water partition coefficient (Wildman–Crippen LogP) is -4.83. The van der Waals surface area contributed by atoms with Crippen molar-refractivity contribution in [3.05, 3.63) is 90.0 Å². The summed E-state index contributed by atoms with van der Waals surface area (Å²) >= 11 is 1.30. The summed E-state index contributed by atoms with van der Waals surface area (Å²) in [6, 6.07) is -5.25. The number of carbonyl (C=O) groups excluding carboxylic acids is 16. The fourth-order valence-corrected chi connectivity index (χ4v) is 13.5. The van der Waals surface area contributed by atoms with Crippen LogP contribution in [0.3, 0.4) is 0 Å². The summed E-state index contributed by atoms with van der Waals surface area (Å²) in [6.45, 7) is 14.1. The van der Waals surface area contributed by atoms with Crippen molar-refractivity contribution < 1.29 is 91.7 Å². The molecule has 3 rings (SSSR count). The van der Waals surface area contributed by atoms with Crippen LogP contribution in [0.2, 0.25) is 0 Å². The number of aliphatic hydroxyl groups excluding tert-OH is 1. The molecule has 0 saturated carbocycles. The van der Waals surface area contributed by atoms with Gasteiger partial charge in [0.1, 0.15) is 90.6 Å². The Labute approximate surface area is 743 Å². The number of primary amides is 2. The number of hydrogen-bond acceptors (Lipinski definition) is 24. The van der Waals surface area contributed by atoms with Gasteiger partial charge in [0, 0.05) is 51.2 Å². The van der Waals surface area contributed by atoms with Crippen LogP contribution in [-0.4, -0.2) is 267 Å². The summed E-state index contributed by atoms with van der Waals surface area (Å²) in [5, 5.41) is 63.7. The lowest BCUT2D eigenvalue weighted by Crippen LogP contribution is -2.62. The van der Waals surface area contributed by atoms with Crippen LogP contribution in [0, 0.1) is 23.2 Å². The number of carboxylic acids is 1. The summed E-state index contributed by atoms with van der Waals surface area (Å²) < 4.78 is 0. The average molecular weight is 1800 g/mol. The number of aromatic nitrogens is 2. The third-order valence-corrected chi connectivity index (χ3v) is 21.5. The zero-order valence-electron chi connectivity index (χ0n) is 74.1. The Morgan fingerprint density at radius 2 is 0.890 bits per heavy atom. The number of aliphatic hydroxyl groups is 1. The number of likely N-dealkylation sites (N-methyl/N-ethyl adjacent to an activating group) is 1.